The molecule has 3 N–H and O–H groups in total. The Morgan fingerprint density at radius 3 is 2.32 bits per heavy atom. The lowest BCUT2D eigenvalue weighted by Gasteiger charge is -2.39. The number of hydrogen-bond donors (Lipinski definition) is 2. The number of piperazine rings is 1. The first-order chi connectivity index (χ1) is 17.7. The average molecular weight is 567 g/mol. The number of nitrogens with two attached hydrogens (primary N) is 1. The van der Waals surface area contributed by atoms with Crippen molar-refractivity contribution in [2.75, 3.05) is 56.0 Å². The van der Waals surface area contributed by atoms with Crippen LogP contribution < -0.4 is 16.0 Å². The summed E-state index contributed by atoms with van der Waals surface area (Å²) in [6.45, 7) is 7.32. The standard InChI is InChI=1S/C27H34Cl3N5O2/c1-18(22-4-2-20(28)16-24(22)30)32-25-17-21(3-5-23(25)29)34-10-6-19(7-11-34)27(37)35-14-12-33(13-15-35)9-8-26(31)36/h2-5,16-19,32H,6-15H2,1H3,(H2,31,36). The van der Waals surface area contributed by atoms with E-state index < -0.39 is 0 Å². The molecule has 2 aromatic carbocycles. The van der Waals surface area contributed by atoms with Gasteiger partial charge in [-0.15, -0.1) is 0 Å². The molecule has 2 heterocycles. The number of primary amides is 1. The van der Waals surface area contributed by atoms with Gasteiger partial charge in [0.2, 0.25) is 11.8 Å². The molecular formula is C27H34Cl3N5O2. The summed E-state index contributed by atoms with van der Waals surface area (Å²) in [6, 6.07) is 11.4. The molecule has 4 rings (SSSR count). The molecule has 0 aliphatic carbocycles. The summed E-state index contributed by atoms with van der Waals surface area (Å²) in [4.78, 5) is 30.7. The maximum atomic E-state index is 13.1. The van der Waals surface area contributed by atoms with Gasteiger partial charge in [0.05, 0.1) is 16.8 Å². The summed E-state index contributed by atoms with van der Waals surface area (Å²) in [5, 5.41) is 5.33. The van der Waals surface area contributed by atoms with Crippen molar-refractivity contribution in [3.05, 3.63) is 57.0 Å². The van der Waals surface area contributed by atoms with Crippen LogP contribution in [0.2, 0.25) is 15.1 Å². The summed E-state index contributed by atoms with van der Waals surface area (Å²) < 4.78 is 0. The number of amides is 2. The molecule has 2 aliphatic heterocycles. The fourth-order valence-corrected chi connectivity index (χ4v) is 5.83. The van der Waals surface area contributed by atoms with Gasteiger partial charge in [-0.05, 0) is 55.7 Å². The molecule has 2 fully saturated rings. The van der Waals surface area contributed by atoms with E-state index in [9.17, 15) is 9.59 Å². The minimum absolute atomic E-state index is 0.0467. The maximum Gasteiger partial charge on any atom is 0.225 e. The quantitative estimate of drug-likeness (QED) is 0.467. The number of hydrogen-bond acceptors (Lipinski definition) is 5. The van der Waals surface area contributed by atoms with Gasteiger partial charge in [0.1, 0.15) is 0 Å². The van der Waals surface area contributed by atoms with Crippen LogP contribution in [-0.4, -0.2) is 67.4 Å². The molecule has 7 nitrogen and oxygen atoms in total. The molecule has 0 bridgehead atoms. The van der Waals surface area contributed by atoms with E-state index in [-0.39, 0.29) is 23.8 Å². The van der Waals surface area contributed by atoms with Crippen molar-refractivity contribution in [3.63, 3.8) is 0 Å². The Morgan fingerprint density at radius 1 is 0.973 bits per heavy atom. The zero-order valence-electron chi connectivity index (χ0n) is 21.1. The monoisotopic (exact) mass is 565 g/mol. The summed E-state index contributed by atoms with van der Waals surface area (Å²) in [5.41, 5.74) is 8.12. The number of nitrogens with one attached hydrogen (secondary N) is 1. The Labute approximate surface area is 233 Å². The van der Waals surface area contributed by atoms with Gasteiger partial charge in [0, 0.05) is 73.9 Å². The second kappa shape index (κ2) is 12.6. The molecule has 1 atom stereocenters. The molecule has 200 valence electrons. The van der Waals surface area contributed by atoms with Gasteiger partial charge in [-0.3, -0.25) is 14.5 Å². The van der Waals surface area contributed by atoms with Crippen molar-refractivity contribution in [1.29, 1.82) is 0 Å². The smallest absolute Gasteiger partial charge is 0.225 e. The van der Waals surface area contributed by atoms with E-state index >= 15 is 0 Å². The van der Waals surface area contributed by atoms with E-state index in [0.717, 1.165) is 56.0 Å². The van der Waals surface area contributed by atoms with Crippen molar-refractivity contribution < 1.29 is 9.59 Å². The molecule has 37 heavy (non-hydrogen) atoms. The molecule has 2 aromatic rings. The Bertz CT molecular complexity index is 1120. The third-order valence-corrected chi connectivity index (χ3v) is 8.21. The van der Waals surface area contributed by atoms with E-state index in [4.69, 9.17) is 40.5 Å². The minimum atomic E-state index is -0.283. The van der Waals surface area contributed by atoms with Gasteiger partial charge in [0.25, 0.3) is 0 Å². The normalized spacial score (nSPS) is 18.1. The number of halogens is 3. The van der Waals surface area contributed by atoms with E-state index in [1.54, 1.807) is 6.07 Å². The molecule has 0 radical (unpaired) electrons. The fraction of sp³-hybridized carbons (Fsp3) is 0.481. The number of carbonyl (C=O) groups excluding carboxylic acids is 2. The third kappa shape index (κ3) is 7.23. The maximum absolute atomic E-state index is 13.1. The molecule has 0 aromatic heterocycles. The Hall–Kier alpha value is -2.19. The number of rotatable bonds is 8. The highest BCUT2D eigenvalue weighted by atomic mass is 35.5. The van der Waals surface area contributed by atoms with E-state index in [1.807, 2.05) is 36.1 Å². The lowest BCUT2D eigenvalue weighted by atomic mass is 9.94. The topological polar surface area (TPSA) is 81.9 Å². The van der Waals surface area contributed by atoms with Crippen LogP contribution in [0.1, 0.15) is 37.8 Å². The van der Waals surface area contributed by atoms with Crippen LogP contribution in [0.4, 0.5) is 11.4 Å². The lowest BCUT2D eigenvalue weighted by molar-refractivity contribution is -0.138. The summed E-state index contributed by atoms with van der Waals surface area (Å²) >= 11 is 19.0. The van der Waals surface area contributed by atoms with Crippen LogP contribution in [0.3, 0.4) is 0 Å². The first kappa shape index (κ1) is 27.8. The summed E-state index contributed by atoms with van der Waals surface area (Å²) in [6.07, 6.45) is 2.01. The third-order valence-electron chi connectivity index (χ3n) is 7.32. The summed E-state index contributed by atoms with van der Waals surface area (Å²) in [5.74, 6) is 0.0148. The van der Waals surface area contributed by atoms with Gasteiger partial charge in [-0.1, -0.05) is 40.9 Å². The largest absolute Gasteiger partial charge is 0.377 e. The molecule has 0 saturated carbocycles. The van der Waals surface area contributed by atoms with Crippen LogP contribution in [-0.2, 0) is 9.59 Å². The van der Waals surface area contributed by atoms with Gasteiger partial charge < -0.3 is 20.9 Å². The van der Waals surface area contributed by atoms with Gasteiger partial charge >= 0.3 is 0 Å². The Kier molecular flexibility index (Phi) is 9.46. The zero-order valence-corrected chi connectivity index (χ0v) is 23.3. The number of nitrogens with zero attached hydrogens (tertiary/aromatic N) is 3. The molecule has 10 heteroatoms. The van der Waals surface area contributed by atoms with Crippen LogP contribution in [0, 0.1) is 5.92 Å². The number of benzene rings is 2. The van der Waals surface area contributed by atoms with Crippen LogP contribution in [0.15, 0.2) is 36.4 Å². The number of carbonyl (C=O) groups is 2. The van der Waals surface area contributed by atoms with Crippen LogP contribution in [0.5, 0.6) is 0 Å². The van der Waals surface area contributed by atoms with Crippen molar-refractivity contribution in [1.82, 2.24) is 9.80 Å². The zero-order chi connectivity index (χ0) is 26.5. The molecule has 2 amide bonds. The number of anilines is 2. The molecule has 2 saturated heterocycles. The molecule has 0 spiro atoms. The van der Waals surface area contributed by atoms with Crippen molar-refractivity contribution in [2.45, 2.75) is 32.2 Å². The lowest BCUT2D eigenvalue weighted by Crippen LogP contribution is -2.52. The van der Waals surface area contributed by atoms with Crippen molar-refractivity contribution >= 4 is 58.0 Å². The predicted molar refractivity (Wildman–Crippen MR) is 152 cm³/mol. The first-order valence-corrected chi connectivity index (χ1v) is 13.9. The Balaban J connectivity index is 1.31. The second-order valence-electron chi connectivity index (χ2n) is 9.84. The minimum Gasteiger partial charge on any atom is -0.377 e. The molecule has 2 aliphatic rings. The number of piperidine rings is 1. The average Bonchev–Trinajstić information content (AvgIpc) is 2.88. The fourth-order valence-electron chi connectivity index (χ4n) is 5.09. The van der Waals surface area contributed by atoms with Crippen LogP contribution >= 0.6 is 34.8 Å². The van der Waals surface area contributed by atoms with Gasteiger partial charge in [0.15, 0.2) is 0 Å². The second-order valence-corrected chi connectivity index (χ2v) is 11.1. The van der Waals surface area contributed by atoms with E-state index in [0.29, 0.717) is 41.1 Å². The SMILES string of the molecule is CC(Nc1cc(N2CCC(C(=O)N3CCN(CCC(N)=O)CC3)CC2)ccc1Cl)c1ccc(Cl)cc1Cl. The van der Waals surface area contributed by atoms with Gasteiger partial charge in [-0.2, -0.15) is 0 Å². The van der Waals surface area contributed by atoms with E-state index in [1.165, 1.54) is 0 Å². The highest BCUT2D eigenvalue weighted by Crippen LogP contribution is 2.34. The molecular weight excluding hydrogens is 533 g/mol. The van der Waals surface area contributed by atoms with E-state index in [2.05, 4.69) is 21.2 Å². The summed E-state index contributed by atoms with van der Waals surface area (Å²) in [7, 11) is 0. The predicted octanol–water partition coefficient (Wildman–Crippen LogP) is 5.06. The van der Waals surface area contributed by atoms with Crippen molar-refractivity contribution in [2.24, 2.45) is 11.7 Å². The molecule has 1 unspecified atom stereocenters. The highest BCUT2D eigenvalue weighted by molar-refractivity contribution is 6.35. The Morgan fingerprint density at radius 2 is 1.68 bits per heavy atom. The van der Waals surface area contributed by atoms with Crippen molar-refractivity contribution in [3.8, 4) is 0 Å². The van der Waals surface area contributed by atoms with Crippen LogP contribution in [0.25, 0.3) is 0 Å². The van der Waals surface area contributed by atoms with Gasteiger partial charge in [-0.25, -0.2) is 0 Å². The highest BCUT2D eigenvalue weighted by Gasteiger charge is 2.30. The first-order valence-electron chi connectivity index (χ1n) is 12.8.